The second-order valence-corrected chi connectivity index (χ2v) is 6.72. The van der Waals surface area contributed by atoms with Crippen molar-refractivity contribution in [1.29, 1.82) is 0 Å². The summed E-state index contributed by atoms with van der Waals surface area (Å²) in [5.41, 5.74) is 2.53. The quantitative estimate of drug-likeness (QED) is 0.316. The highest BCUT2D eigenvalue weighted by Crippen LogP contribution is 2.28. The SMILES string of the molecule is CCNC(=NCCCc1c[nH]c2ccccc12)NCCNC(=O)C1CC1. The number of para-hydroxylation sites is 1. The fraction of sp³-hybridized carbons (Fsp3) is 0.500. The molecule has 1 saturated carbocycles. The Bertz CT molecular complexity index is 747. The van der Waals surface area contributed by atoms with Gasteiger partial charge < -0.3 is 20.9 Å². The molecule has 1 aliphatic rings. The van der Waals surface area contributed by atoms with Crippen LogP contribution in [0, 0.1) is 5.92 Å². The van der Waals surface area contributed by atoms with E-state index >= 15 is 0 Å². The number of nitrogens with zero attached hydrogens (tertiary/aromatic N) is 1. The molecule has 140 valence electrons. The van der Waals surface area contributed by atoms with Gasteiger partial charge in [0.2, 0.25) is 5.91 Å². The summed E-state index contributed by atoms with van der Waals surface area (Å²) >= 11 is 0. The van der Waals surface area contributed by atoms with Gasteiger partial charge in [0, 0.05) is 49.2 Å². The molecule has 1 aromatic carbocycles. The number of carbonyl (C=O) groups is 1. The minimum absolute atomic E-state index is 0.187. The van der Waals surface area contributed by atoms with Crippen molar-refractivity contribution < 1.29 is 4.79 Å². The molecule has 0 spiro atoms. The summed E-state index contributed by atoms with van der Waals surface area (Å²) in [7, 11) is 0. The van der Waals surface area contributed by atoms with Crippen LogP contribution >= 0.6 is 0 Å². The molecule has 0 saturated heterocycles. The van der Waals surface area contributed by atoms with Crippen LogP contribution in [0.1, 0.15) is 31.7 Å². The summed E-state index contributed by atoms with van der Waals surface area (Å²) in [6.07, 6.45) is 6.18. The van der Waals surface area contributed by atoms with Gasteiger partial charge in [-0.05, 0) is 44.2 Å². The van der Waals surface area contributed by atoms with Crippen LogP contribution < -0.4 is 16.0 Å². The molecule has 1 amide bonds. The number of amides is 1. The topological polar surface area (TPSA) is 81.3 Å². The smallest absolute Gasteiger partial charge is 0.223 e. The highest BCUT2D eigenvalue weighted by Gasteiger charge is 2.28. The Morgan fingerprint density at radius 1 is 1.19 bits per heavy atom. The lowest BCUT2D eigenvalue weighted by Gasteiger charge is -2.11. The number of fused-ring (bicyclic) bond motifs is 1. The van der Waals surface area contributed by atoms with Gasteiger partial charge in [0.1, 0.15) is 0 Å². The van der Waals surface area contributed by atoms with Crippen LogP contribution in [0.3, 0.4) is 0 Å². The van der Waals surface area contributed by atoms with Crippen LogP contribution in [0.15, 0.2) is 35.5 Å². The monoisotopic (exact) mass is 355 g/mol. The van der Waals surface area contributed by atoms with E-state index in [0.29, 0.717) is 13.1 Å². The first-order valence-corrected chi connectivity index (χ1v) is 9.63. The van der Waals surface area contributed by atoms with Gasteiger partial charge in [-0.1, -0.05) is 18.2 Å². The first kappa shape index (κ1) is 18.3. The molecule has 0 atom stereocenters. The van der Waals surface area contributed by atoms with Crippen molar-refractivity contribution in [2.75, 3.05) is 26.2 Å². The Balaban J connectivity index is 1.39. The van der Waals surface area contributed by atoms with Gasteiger partial charge in [0.25, 0.3) is 0 Å². The number of guanidine groups is 1. The number of aromatic nitrogens is 1. The zero-order valence-electron chi connectivity index (χ0n) is 15.5. The van der Waals surface area contributed by atoms with Crippen LogP contribution in [0.2, 0.25) is 0 Å². The number of H-pyrrole nitrogens is 1. The maximum absolute atomic E-state index is 11.6. The molecule has 3 rings (SSSR count). The number of hydrogen-bond acceptors (Lipinski definition) is 2. The Labute approximate surface area is 154 Å². The van der Waals surface area contributed by atoms with Crippen molar-refractivity contribution in [1.82, 2.24) is 20.9 Å². The standard InChI is InChI=1S/C20H29N5O/c1-2-21-20(24-13-12-22-19(26)15-9-10-15)23-11-5-6-16-14-25-18-8-4-3-7-17(16)18/h3-4,7-8,14-15,25H,2,5-6,9-13H2,1H3,(H,22,26)(H2,21,23,24). The summed E-state index contributed by atoms with van der Waals surface area (Å²) in [5.74, 6) is 1.26. The highest BCUT2D eigenvalue weighted by atomic mass is 16.2. The minimum Gasteiger partial charge on any atom is -0.361 e. The number of nitrogens with one attached hydrogen (secondary N) is 4. The Morgan fingerprint density at radius 3 is 2.81 bits per heavy atom. The van der Waals surface area contributed by atoms with E-state index in [0.717, 1.165) is 44.7 Å². The minimum atomic E-state index is 0.187. The van der Waals surface area contributed by atoms with E-state index in [1.54, 1.807) is 0 Å². The molecule has 1 fully saturated rings. The molecule has 0 bridgehead atoms. The van der Waals surface area contributed by atoms with Gasteiger partial charge in [0.05, 0.1) is 0 Å². The normalized spacial score (nSPS) is 14.4. The lowest BCUT2D eigenvalue weighted by molar-refractivity contribution is -0.122. The summed E-state index contributed by atoms with van der Waals surface area (Å²) in [6, 6.07) is 8.39. The van der Waals surface area contributed by atoms with Crippen LogP contribution in [-0.4, -0.2) is 43.0 Å². The van der Waals surface area contributed by atoms with Crippen molar-refractivity contribution in [3.63, 3.8) is 0 Å². The predicted molar refractivity (Wildman–Crippen MR) is 106 cm³/mol. The zero-order chi connectivity index (χ0) is 18.2. The fourth-order valence-corrected chi connectivity index (χ4v) is 3.00. The molecular weight excluding hydrogens is 326 g/mol. The Kier molecular flexibility index (Phi) is 6.52. The number of aryl methyl sites for hydroxylation is 1. The van der Waals surface area contributed by atoms with Crippen molar-refractivity contribution >= 4 is 22.8 Å². The first-order valence-electron chi connectivity index (χ1n) is 9.63. The van der Waals surface area contributed by atoms with Crippen LogP contribution in [0.25, 0.3) is 10.9 Å². The second-order valence-electron chi connectivity index (χ2n) is 6.72. The van der Waals surface area contributed by atoms with Gasteiger partial charge in [-0.3, -0.25) is 9.79 Å². The summed E-state index contributed by atoms with van der Waals surface area (Å²) in [5, 5.41) is 10.8. The summed E-state index contributed by atoms with van der Waals surface area (Å²) in [6.45, 7) is 4.96. The van der Waals surface area contributed by atoms with Crippen molar-refractivity contribution in [3.8, 4) is 0 Å². The van der Waals surface area contributed by atoms with Crippen molar-refractivity contribution in [3.05, 3.63) is 36.0 Å². The Morgan fingerprint density at radius 2 is 2.00 bits per heavy atom. The summed E-state index contributed by atoms with van der Waals surface area (Å²) in [4.78, 5) is 19.6. The van der Waals surface area contributed by atoms with Crippen LogP contribution in [0.5, 0.6) is 0 Å². The van der Waals surface area contributed by atoms with Gasteiger partial charge in [-0.2, -0.15) is 0 Å². The van der Waals surface area contributed by atoms with Gasteiger partial charge in [0.15, 0.2) is 5.96 Å². The van der Waals surface area contributed by atoms with E-state index in [4.69, 9.17) is 0 Å². The molecule has 0 aliphatic heterocycles. The molecule has 2 aromatic rings. The van der Waals surface area contributed by atoms with E-state index in [1.807, 2.05) is 6.07 Å². The molecule has 1 aromatic heterocycles. The number of hydrogen-bond donors (Lipinski definition) is 4. The fourth-order valence-electron chi connectivity index (χ4n) is 3.00. The molecule has 0 radical (unpaired) electrons. The van der Waals surface area contributed by atoms with E-state index in [1.165, 1.54) is 16.5 Å². The van der Waals surface area contributed by atoms with Crippen LogP contribution in [0.4, 0.5) is 0 Å². The van der Waals surface area contributed by atoms with Gasteiger partial charge >= 0.3 is 0 Å². The number of benzene rings is 1. The van der Waals surface area contributed by atoms with Crippen molar-refractivity contribution in [2.24, 2.45) is 10.9 Å². The average Bonchev–Trinajstić information content (AvgIpc) is 3.43. The lowest BCUT2D eigenvalue weighted by Crippen LogP contribution is -2.41. The van der Waals surface area contributed by atoms with E-state index < -0.39 is 0 Å². The second kappa shape index (κ2) is 9.27. The van der Waals surface area contributed by atoms with Gasteiger partial charge in [-0.25, -0.2) is 0 Å². The largest absolute Gasteiger partial charge is 0.361 e. The third-order valence-corrected chi connectivity index (χ3v) is 4.56. The number of aliphatic imine (C=N–C) groups is 1. The number of carbonyl (C=O) groups excluding carboxylic acids is 1. The molecule has 6 nitrogen and oxygen atoms in total. The number of rotatable bonds is 9. The third kappa shape index (κ3) is 5.25. The number of aromatic amines is 1. The first-order chi connectivity index (χ1) is 12.8. The molecule has 1 aliphatic carbocycles. The van der Waals surface area contributed by atoms with Crippen molar-refractivity contribution in [2.45, 2.75) is 32.6 Å². The molecule has 1 heterocycles. The molecule has 0 unspecified atom stereocenters. The molecule has 6 heteroatoms. The zero-order valence-corrected chi connectivity index (χ0v) is 15.5. The summed E-state index contributed by atoms with van der Waals surface area (Å²) < 4.78 is 0. The van der Waals surface area contributed by atoms with E-state index in [9.17, 15) is 4.79 Å². The third-order valence-electron chi connectivity index (χ3n) is 4.56. The van der Waals surface area contributed by atoms with Crippen LogP contribution in [-0.2, 0) is 11.2 Å². The predicted octanol–water partition coefficient (Wildman–Crippen LogP) is 2.18. The highest BCUT2D eigenvalue weighted by molar-refractivity contribution is 5.83. The lowest BCUT2D eigenvalue weighted by atomic mass is 10.1. The van der Waals surface area contributed by atoms with E-state index in [-0.39, 0.29) is 11.8 Å². The average molecular weight is 355 g/mol. The van der Waals surface area contributed by atoms with Gasteiger partial charge in [-0.15, -0.1) is 0 Å². The van der Waals surface area contributed by atoms with E-state index in [2.05, 4.69) is 57.2 Å². The molecular formula is C20H29N5O. The maximum atomic E-state index is 11.6. The molecule has 4 N–H and O–H groups in total. The molecule has 26 heavy (non-hydrogen) atoms. The maximum Gasteiger partial charge on any atom is 0.223 e. The Hall–Kier alpha value is -2.50.